The number of amides is 1. The third-order valence-electron chi connectivity index (χ3n) is 3.99. The quantitative estimate of drug-likeness (QED) is 0.676. The molecule has 3 rings (SSSR count). The molecule has 3 heterocycles. The molecule has 26 heavy (non-hydrogen) atoms. The van der Waals surface area contributed by atoms with Gasteiger partial charge >= 0.3 is 5.97 Å². The molecule has 1 fully saturated rings. The largest absolute Gasteiger partial charge is 0.477 e. The lowest BCUT2D eigenvalue weighted by molar-refractivity contribution is 0.0538. The van der Waals surface area contributed by atoms with Gasteiger partial charge in [0.15, 0.2) is 16.1 Å². The molecule has 2 atom stereocenters. The molecule has 12 heteroatoms. The van der Waals surface area contributed by atoms with Gasteiger partial charge in [0, 0.05) is 20.2 Å². The monoisotopic (exact) mass is 419 g/mol. The number of halogens is 2. The number of anilines is 1. The number of rotatable bonds is 5. The minimum absolute atomic E-state index is 0.0308. The van der Waals surface area contributed by atoms with Gasteiger partial charge in [0.05, 0.1) is 18.3 Å². The van der Waals surface area contributed by atoms with Crippen LogP contribution in [0.5, 0.6) is 0 Å². The van der Waals surface area contributed by atoms with Crippen molar-refractivity contribution in [1.82, 2.24) is 20.3 Å². The van der Waals surface area contributed by atoms with Crippen molar-refractivity contribution in [2.75, 3.05) is 25.1 Å². The summed E-state index contributed by atoms with van der Waals surface area (Å²) in [5.74, 6) is -1.40. The lowest BCUT2D eigenvalue weighted by Crippen LogP contribution is -2.55. The predicted octanol–water partition coefficient (Wildman–Crippen LogP) is 1.89. The minimum atomic E-state index is -1.00. The van der Waals surface area contributed by atoms with Crippen LogP contribution in [0.4, 0.5) is 5.13 Å². The number of hydrogen-bond donors (Lipinski definition) is 3. The van der Waals surface area contributed by atoms with E-state index in [0.29, 0.717) is 24.6 Å². The summed E-state index contributed by atoms with van der Waals surface area (Å²) in [6.07, 6.45) is 1.63. The number of piperidine rings is 1. The second kappa shape index (κ2) is 7.78. The van der Waals surface area contributed by atoms with Crippen LogP contribution in [0.25, 0.3) is 0 Å². The van der Waals surface area contributed by atoms with E-state index >= 15 is 0 Å². The number of nitrogens with one attached hydrogen (secondary N) is 2. The van der Waals surface area contributed by atoms with Crippen molar-refractivity contribution in [3.05, 3.63) is 27.2 Å². The fourth-order valence-electron chi connectivity index (χ4n) is 2.68. The molecule has 1 aliphatic rings. The zero-order valence-electron chi connectivity index (χ0n) is 13.5. The van der Waals surface area contributed by atoms with E-state index in [0.717, 1.165) is 11.3 Å². The summed E-state index contributed by atoms with van der Waals surface area (Å²) in [5, 5.41) is 12.6. The van der Waals surface area contributed by atoms with Gasteiger partial charge < -0.3 is 25.0 Å². The van der Waals surface area contributed by atoms with E-state index in [1.807, 2.05) is 4.90 Å². The van der Waals surface area contributed by atoms with Gasteiger partial charge in [0.25, 0.3) is 5.91 Å². The first-order valence-electron chi connectivity index (χ1n) is 7.57. The molecule has 0 spiro atoms. The number of nitrogens with zero attached hydrogens (tertiary/aromatic N) is 3. The number of methoxy groups -OCH3 is 1. The van der Waals surface area contributed by atoms with Crippen LogP contribution in [0, 0.1) is 0 Å². The first kappa shape index (κ1) is 18.9. The number of ether oxygens (including phenoxy) is 1. The summed E-state index contributed by atoms with van der Waals surface area (Å²) < 4.78 is 5.50. The Kier molecular flexibility index (Phi) is 5.66. The van der Waals surface area contributed by atoms with Crippen LogP contribution in [0.1, 0.15) is 26.7 Å². The fourth-order valence-corrected chi connectivity index (χ4v) is 3.73. The van der Waals surface area contributed by atoms with Crippen molar-refractivity contribution < 1.29 is 19.4 Å². The average molecular weight is 420 g/mol. The highest BCUT2D eigenvalue weighted by Gasteiger charge is 2.32. The molecule has 0 aliphatic carbocycles. The number of aromatic carboxylic acids is 1. The molecule has 2 aromatic rings. The Morgan fingerprint density at radius 2 is 2.27 bits per heavy atom. The van der Waals surface area contributed by atoms with Crippen molar-refractivity contribution in [1.29, 1.82) is 0 Å². The topological polar surface area (TPSA) is 120 Å². The molecule has 2 aromatic heterocycles. The number of imidazole rings is 1. The maximum Gasteiger partial charge on any atom is 0.347 e. The molecule has 0 saturated carbocycles. The van der Waals surface area contributed by atoms with Gasteiger partial charge in [0.1, 0.15) is 10.0 Å². The third-order valence-corrected chi connectivity index (χ3v) is 5.68. The number of H-pyrrole nitrogens is 1. The number of aromatic nitrogens is 3. The molecule has 1 unspecified atom stereocenters. The molecule has 1 aliphatic heterocycles. The van der Waals surface area contributed by atoms with Crippen LogP contribution < -0.4 is 10.2 Å². The highest BCUT2D eigenvalue weighted by molar-refractivity contribution is 7.17. The Bertz CT molecular complexity index is 807. The van der Waals surface area contributed by atoms with Gasteiger partial charge in [0.2, 0.25) is 0 Å². The molecule has 0 aromatic carbocycles. The standard InChI is InChI=1S/C14H15Cl2N5O4S/c1-25-7-5-21(14-17-4-8(26-14)13(23)24)3-2-6(7)18-12(22)11-19-9(15)10(16)20-11/h4,6-7H,2-3,5H2,1H3,(H,18,22)(H,19,20)(H,23,24)/t6?,7-/m0/s1. The van der Waals surface area contributed by atoms with Crippen molar-refractivity contribution in [3.63, 3.8) is 0 Å². The summed E-state index contributed by atoms with van der Waals surface area (Å²) in [7, 11) is 1.55. The second-order valence-corrected chi connectivity index (χ2v) is 7.34. The first-order valence-corrected chi connectivity index (χ1v) is 9.15. The van der Waals surface area contributed by atoms with Crippen LogP contribution in [0.2, 0.25) is 10.3 Å². The Morgan fingerprint density at radius 3 is 2.85 bits per heavy atom. The highest BCUT2D eigenvalue weighted by atomic mass is 35.5. The first-order chi connectivity index (χ1) is 12.4. The smallest absolute Gasteiger partial charge is 0.347 e. The van der Waals surface area contributed by atoms with Gasteiger partial charge in [-0.3, -0.25) is 4.79 Å². The Balaban J connectivity index is 1.65. The number of carbonyl (C=O) groups is 2. The van der Waals surface area contributed by atoms with Crippen LogP contribution >= 0.6 is 34.5 Å². The number of thiazole rings is 1. The number of carboxylic acids is 1. The van der Waals surface area contributed by atoms with Gasteiger partial charge in [-0.15, -0.1) is 0 Å². The summed E-state index contributed by atoms with van der Waals surface area (Å²) in [4.78, 5) is 36.0. The Morgan fingerprint density at radius 1 is 1.50 bits per heavy atom. The molecular formula is C14H15Cl2N5O4S. The number of aromatic amines is 1. The molecule has 1 saturated heterocycles. The predicted molar refractivity (Wildman–Crippen MR) is 96.6 cm³/mol. The van der Waals surface area contributed by atoms with E-state index in [4.69, 9.17) is 33.0 Å². The van der Waals surface area contributed by atoms with Crippen molar-refractivity contribution >= 4 is 51.5 Å². The lowest BCUT2D eigenvalue weighted by Gasteiger charge is -2.37. The Labute approximate surface area is 162 Å². The highest BCUT2D eigenvalue weighted by Crippen LogP contribution is 2.26. The summed E-state index contributed by atoms with van der Waals surface area (Å²) in [6.45, 7) is 1.06. The van der Waals surface area contributed by atoms with E-state index < -0.39 is 11.9 Å². The van der Waals surface area contributed by atoms with Crippen LogP contribution in [-0.2, 0) is 4.74 Å². The van der Waals surface area contributed by atoms with E-state index in [1.165, 1.54) is 6.20 Å². The van der Waals surface area contributed by atoms with E-state index in [9.17, 15) is 9.59 Å². The lowest BCUT2D eigenvalue weighted by atomic mass is 10.0. The van der Waals surface area contributed by atoms with Crippen LogP contribution in [0.3, 0.4) is 0 Å². The molecule has 3 N–H and O–H groups in total. The average Bonchev–Trinajstić information content (AvgIpc) is 3.23. The summed E-state index contributed by atoms with van der Waals surface area (Å²) in [6, 6.07) is -0.245. The molecule has 0 bridgehead atoms. The van der Waals surface area contributed by atoms with Gasteiger partial charge in [-0.2, -0.15) is 0 Å². The van der Waals surface area contributed by atoms with Crippen molar-refractivity contribution in [3.8, 4) is 0 Å². The molecular weight excluding hydrogens is 405 g/mol. The van der Waals surface area contributed by atoms with Crippen molar-refractivity contribution in [2.45, 2.75) is 18.6 Å². The van der Waals surface area contributed by atoms with E-state index in [2.05, 4.69) is 20.3 Å². The maximum absolute atomic E-state index is 12.3. The minimum Gasteiger partial charge on any atom is -0.477 e. The van der Waals surface area contributed by atoms with Crippen LogP contribution in [-0.4, -0.2) is 64.3 Å². The summed E-state index contributed by atoms with van der Waals surface area (Å²) in [5.41, 5.74) is 0. The van der Waals surface area contributed by atoms with Crippen LogP contribution in [0.15, 0.2) is 6.20 Å². The Hall–Kier alpha value is -1.88. The van der Waals surface area contributed by atoms with Gasteiger partial charge in [-0.05, 0) is 6.42 Å². The van der Waals surface area contributed by atoms with E-state index in [-0.39, 0.29) is 33.2 Å². The molecule has 140 valence electrons. The van der Waals surface area contributed by atoms with Gasteiger partial charge in [-0.25, -0.2) is 14.8 Å². The zero-order chi connectivity index (χ0) is 18.8. The van der Waals surface area contributed by atoms with Gasteiger partial charge in [-0.1, -0.05) is 34.5 Å². The fraction of sp³-hybridized carbons (Fsp3) is 0.429. The molecule has 9 nitrogen and oxygen atoms in total. The number of hydrogen-bond acceptors (Lipinski definition) is 7. The molecule has 0 radical (unpaired) electrons. The number of carboxylic acid groups (broad SMARTS) is 1. The molecule has 1 amide bonds. The zero-order valence-corrected chi connectivity index (χ0v) is 15.9. The normalized spacial score (nSPS) is 20.2. The second-order valence-electron chi connectivity index (χ2n) is 5.59. The third kappa shape index (κ3) is 3.93. The van der Waals surface area contributed by atoms with E-state index in [1.54, 1.807) is 7.11 Å². The SMILES string of the molecule is CO[C@H]1CN(c2ncc(C(=O)O)s2)CCC1NC(=O)c1nc(Cl)c(Cl)[nH]1. The maximum atomic E-state index is 12.3. The summed E-state index contributed by atoms with van der Waals surface area (Å²) >= 11 is 12.6. The number of carbonyl (C=O) groups excluding carboxylic acids is 1. The van der Waals surface area contributed by atoms with Crippen molar-refractivity contribution in [2.24, 2.45) is 0 Å².